The number of aliphatic hydroxyl groups is 1. The van der Waals surface area contributed by atoms with Gasteiger partial charge in [-0.1, -0.05) is 108 Å². The zero-order chi connectivity index (χ0) is 37.3. The van der Waals surface area contributed by atoms with Crippen molar-refractivity contribution in [3.8, 4) is 11.5 Å². The van der Waals surface area contributed by atoms with E-state index in [1.807, 2.05) is 26.0 Å². The van der Waals surface area contributed by atoms with Gasteiger partial charge in [0.15, 0.2) is 0 Å². The van der Waals surface area contributed by atoms with E-state index < -0.39 is 11.5 Å². The van der Waals surface area contributed by atoms with E-state index in [0.29, 0.717) is 6.54 Å². The molecule has 0 saturated heterocycles. The number of hydrogen-bond donors (Lipinski definition) is 4. The summed E-state index contributed by atoms with van der Waals surface area (Å²) in [5.74, 6) is -0.162. The predicted molar refractivity (Wildman–Crippen MR) is 203 cm³/mol. The molecule has 0 aliphatic carbocycles. The first-order chi connectivity index (χ1) is 21.7. The maximum Gasteiger partial charge on any atom is 0.303 e. The van der Waals surface area contributed by atoms with Crippen molar-refractivity contribution < 1.29 is 42.0 Å². The van der Waals surface area contributed by atoms with Crippen molar-refractivity contribution in [1.82, 2.24) is 0 Å². The number of hydrogen-bond acceptors (Lipinski definition) is 6. The second-order valence-electron chi connectivity index (χ2n) is 17.7. The summed E-state index contributed by atoms with van der Waals surface area (Å²) in [5.41, 5.74) is 4.67. The van der Waals surface area contributed by atoms with E-state index in [1.165, 1.54) is 11.1 Å². The zero-order valence-electron chi connectivity index (χ0n) is 32.8. The third kappa shape index (κ3) is 15.8. The maximum absolute atomic E-state index is 11.1. The van der Waals surface area contributed by atoms with Crippen molar-refractivity contribution >= 4 is 18.4 Å². The fourth-order valence-electron chi connectivity index (χ4n) is 4.91. The van der Waals surface area contributed by atoms with E-state index >= 15 is 0 Å². The minimum absolute atomic E-state index is 0. The molecule has 0 saturated carbocycles. The average Bonchev–Trinajstić information content (AvgIpc) is 2.91. The number of rotatable bonds is 11. The van der Waals surface area contributed by atoms with Crippen molar-refractivity contribution in [2.24, 2.45) is 9.98 Å². The normalized spacial score (nSPS) is 13.0. The molecule has 0 aliphatic rings. The number of nitrogens with zero attached hydrogens (tertiary/aromatic N) is 2. The quantitative estimate of drug-likeness (QED) is 0.136. The Kier molecular flexibility index (Phi) is 17.5. The van der Waals surface area contributed by atoms with E-state index in [-0.39, 0.29) is 63.0 Å². The van der Waals surface area contributed by atoms with Crippen LogP contribution in [-0.2, 0) is 43.2 Å². The number of benzene rings is 2. The average molecular weight is 726 g/mol. The van der Waals surface area contributed by atoms with Crippen LogP contribution in [-0.4, -0.2) is 57.5 Å². The van der Waals surface area contributed by atoms with Crippen molar-refractivity contribution in [2.45, 2.75) is 156 Å². The van der Waals surface area contributed by atoms with Crippen LogP contribution in [0.25, 0.3) is 0 Å². The summed E-state index contributed by atoms with van der Waals surface area (Å²) in [6, 6.07) is 8.31. The number of carboxylic acids is 1. The van der Waals surface area contributed by atoms with Gasteiger partial charge in [-0.25, -0.2) is 0 Å². The van der Waals surface area contributed by atoms with Crippen molar-refractivity contribution in [3.05, 3.63) is 57.6 Å². The first-order valence-electron chi connectivity index (χ1n) is 17.3. The van der Waals surface area contributed by atoms with Crippen molar-refractivity contribution in [3.63, 3.8) is 0 Å². The van der Waals surface area contributed by atoms with Crippen LogP contribution < -0.4 is 0 Å². The molecule has 279 valence electrons. The third-order valence-electron chi connectivity index (χ3n) is 8.19. The van der Waals surface area contributed by atoms with Crippen LogP contribution >= 0.6 is 0 Å². The molecule has 2 aromatic carbocycles. The Morgan fingerprint density at radius 3 is 1.41 bits per heavy atom. The molecule has 1 radical (unpaired) electrons. The van der Waals surface area contributed by atoms with Crippen LogP contribution in [0.3, 0.4) is 0 Å². The topological polar surface area (TPSA) is 123 Å². The molecule has 4 N–H and O–H groups in total. The largest absolute Gasteiger partial charge is 0.507 e. The summed E-state index contributed by atoms with van der Waals surface area (Å²) in [4.78, 5) is 19.5. The molecule has 0 bridgehead atoms. The standard InChI is InChI=1S/C34H52N2O2.C7H14O3.Co/c1-30(2,3)24-15-22(28(37)26(17-24)32(7,8)9)19-35-21-34(13,14)36-20-23-16-25(31(4,5)6)18-27(29(23)38)33(10,11)12;8-6-4-2-1-3-5-7(9)10;/h15-20,37-38H,21H2,1-14H3;8H,1-6H2,(H,9,10);. The summed E-state index contributed by atoms with van der Waals surface area (Å²) < 4.78 is 0. The van der Waals surface area contributed by atoms with E-state index in [0.717, 1.165) is 47.9 Å². The van der Waals surface area contributed by atoms with E-state index in [2.05, 4.69) is 95.2 Å². The van der Waals surface area contributed by atoms with Crippen LogP contribution in [0.1, 0.15) is 162 Å². The Morgan fingerprint density at radius 2 is 1.04 bits per heavy atom. The Labute approximate surface area is 308 Å². The molecule has 8 heteroatoms. The van der Waals surface area contributed by atoms with Gasteiger partial charge < -0.3 is 20.4 Å². The fraction of sp³-hybridized carbons (Fsp3) is 0.634. The van der Waals surface area contributed by atoms with Crippen LogP contribution in [0.15, 0.2) is 34.3 Å². The predicted octanol–water partition coefficient (Wildman–Crippen LogP) is 9.62. The Bertz CT molecular complexity index is 1420. The second kappa shape index (κ2) is 18.5. The summed E-state index contributed by atoms with van der Waals surface area (Å²) >= 11 is 0. The molecule has 49 heavy (non-hydrogen) atoms. The first kappa shape index (κ1) is 46.3. The molecule has 0 heterocycles. The molecule has 0 atom stereocenters. The Hall–Kier alpha value is -2.68. The fourth-order valence-corrected chi connectivity index (χ4v) is 4.91. The van der Waals surface area contributed by atoms with Crippen molar-refractivity contribution in [2.75, 3.05) is 13.2 Å². The van der Waals surface area contributed by atoms with Crippen LogP contribution in [0.2, 0.25) is 0 Å². The van der Waals surface area contributed by atoms with Crippen molar-refractivity contribution in [1.29, 1.82) is 0 Å². The zero-order valence-corrected chi connectivity index (χ0v) is 33.9. The number of phenolic OH excluding ortho intramolecular Hbond substituents is 2. The summed E-state index contributed by atoms with van der Waals surface area (Å²) in [6.45, 7) is 30.5. The van der Waals surface area contributed by atoms with Gasteiger partial charge in [0.2, 0.25) is 0 Å². The Balaban J connectivity index is 0.00000181. The molecule has 0 aromatic heterocycles. The number of aliphatic carboxylic acids is 1. The van der Waals surface area contributed by atoms with Gasteiger partial charge in [0.1, 0.15) is 11.5 Å². The molecule has 0 unspecified atom stereocenters. The number of aliphatic imine (C=N–C) groups is 2. The minimum atomic E-state index is -0.732. The summed E-state index contributed by atoms with van der Waals surface area (Å²) in [7, 11) is 0. The maximum atomic E-state index is 11.1. The Morgan fingerprint density at radius 1 is 0.633 bits per heavy atom. The molecular weight excluding hydrogens is 659 g/mol. The first-order valence-corrected chi connectivity index (χ1v) is 17.3. The third-order valence-corrected chi connectivity index (χ3v) is 8.19. The number of carbonyl (C=O) groups is 1. The molecule has 0 spiro atoms. The number of aliphatic hydroxyl groups excluding tert-OH is 1. The van der Waals surface area contributed by atoms with Gasteiger partial charge in [-0.2, -0.15) is 0 Å². The number of unbranched alkanes of at least 4 members (excludes halogenated alkanes) is 3. The summed E-state index contributed by atoms with van der Waals surface area (Å²) in [6.07, 6.45) is 7.17. The molecule has 2 rings (SSSR count). The summed E-state index contributed by atoms with van der Waals surface area (Å²) in [5, 5.41) is 38.7. The smallest absolute Gasteiger partial charge is 0.303 e. The van der Waals surface area contributed by atoms with Gasteiger partial charge in [-0.3, -0.25) is 14.8 Å². The second-order valence-corrected chi connectivity index (χ2v) is 17.7. The van der Waals surface area contributed by atoms with E-state index in [1.54, 1.807) is 12.4 Å². The monoisotopic (exact) mass is 725 g/mol. The van der Waals surface area contributed by atoms with E-state index in [9.17, 15) is 15.0 Å². The van der Waals surface area contributed by atoms with Gasteiger partial charge in [-0.15, -0.1) is 0 Å². The van der Waals surface area contributed by atoms with Crippen LogP contribution in [0.5, 0.6) is 11.5 Å². The van der Waals surface area contributed by atoms with Crippen LogP contribution in [0, 0.1) is 0 Å². The number of aromatic hydroxyl groups is 2. The molecule has 0 fully saturated rings. The van der Waals surface area contributed by atoms with Gasteiger partial charge >= 0.3 is 5.97 Å². The van der Waals surface area contributed by atoms with Gasteiger partial charge in [0.25, 0.3) is 0 Å². The minimum Gasteiger partial charge on any atom is -0.507 e. The number of phenols is 2. The number of carboxylic acid groups (broad SMARTS) is 1. The van der Waals surface area contributed by atoms with Gasteiger partial charge in [0, 0.05) is 64.5 Å². The molecule has 7 nitrogen and oxygen atoms in total. The molecule has 0 aliphatic heterocycles. The van der Waals surface area contributed by atoms with Crippen LogP contribution in [0.4, 0.5) is 0 Å². The molecular formula is C41H66CoN2O5. The molecule has 2 aromatic rings. The molecule has 0 amide bonds. The van der Waals surface area contributed by atoms with E-state index in [4.69, 9.17) is 20.2 Å². The van der Waals surface area contributed by atoms with Gasteiger partial charge in [0.05, 0.1) is 12.1 Å². The van der Waals surface area contributed by atoms with Gasteiger partial charge in [-0.05, 0) is 71.6 Å². The SMILES string of the molecule is CC(C)(CN=Cc1cc(C(C)(C)C)cc(C(C)(C)C)c1O)N=Cc1cc(C(C)(C)C)cc(C(C)(C)C)c1O.O=C(O)CCCCCCO.[Co].